The molecule has 12 heavy (non-hydrogen) atoms. The Morgan fingerprint density at radius 2 is 1.92 bits per heavy atom. The SMILES string of the molecule is COCC(=O)NCC(OC)OC. The van der Waals surface area contributed by atoms with Gasteiger partial charge in [0, 0.05) is 21.3 Å². The molecule has 0 aromatic heterocycles. The van der Waals surface area contributed by atoms with Crippen molar-refractivity contribution in [2.75, 3.05) is 34.5 Å². The summed E-state index contributed by atoms with van der Waals surface area (Å²) in [5, 5.41) is 2.57. The molecule has 5 nitrogen and oxygen atoms in total. The first-order valence-electron chi connectivity index (χ1n) is 3.55. The zero-order valence-electron chi connectivity index (χ0n) is 7.62. The number of methoxy groups -OCH3 is 3. The first-order valence-corrected chi connectivity index (χ1v) is 3.55. The second-order valence-corrected chi connectivity index (χ2v) is 2.14. The van der Waals surface area contributed by atoms with Crippen molar-refractivity contribution in [1.82, 2.24) is 5.32 Å². The maximum Gasteiger partial charge on any atom is 0.246 e. The zero-order chi connectivity index (χ0) is 9.40. The molecule has 0 aromatic carbocycles. The summed E-state index contributed by atoms with van der Waals surface area (Å²) in [5.41, 5.74) is 0. The Morgan fingerprint density at radius 3 is 2.33 bits per heavy atom. The van der Waals surface area contributed by atoms with Crippen molar-refractivity contribution in [2.24, 2.45) is 0 Å². The fraction of sp³-hybridized carbons (Fsp3) is 0.857. The Kier molecular flexibility index (Phi) is 6.64. The highest BCUT2D eigenvalue weighted by Crippen LogP contribution is 1.86. The molecule has 0 unspecified atom stereocenters. The minimum Gasteiger partial charge on any atom is -0.375 e. The predicted octanol–water partition coefficient (Wildman–Crippen LogP) is -0.632. The Balaban J connectivity index is 3.44. The van der Waals surface area contributed by atoms with Crippen molar-refractivity contribution < 1.29 is 19.0 Å². The third kappa shape index (κ3) is 5.06. The lowest BCUT2D eigenvalue weighted by atomic mass is 10.5. The van der Waals surface area contributed by atoms with Crippen LogP contribution in [0.5, 0.6) is 0 Å². The topological polar surface area (TPSA) is 56.8 Å². The van der Waals surface area contributed by atoms with Crippen molar-refractivity contribution in [1.29, 1.82) is 0 Å². The van der Waals surface area contributed by atoms with Gasteiger partial charge in [0.1, 0.15) is 6.61 Å². The molecule has 0 spiro atoms. The third-order valence-corrected chi connectivity index (χ3v) is 1.27. The third-order valence-electron chi connectivity index (χ3n) is 1.27. The van der Waals surface area contributed by atoms with Crippen LogP contribution in [0.15, 0.2) is 0 Å². The monoisotopic (exact) mass is 177 g/mol. The number of amides is 1. The van der Waals surface area contributed by atoms with E-state index in [9.17, 15) is 4.79 Å². The van der Waals surface area contributed by atoms with E-state index in [1.807, 2.05) is 0 Å². The molecule has 0 aromatic rings. The normalized spacial score (nSPS) is 10.3. The Hall–Kier alpha value is -0.650. The molecule has 0 saturated heterocycles. The molecule has 0 aliphatic heterocycles. The Bertz CT molecular complexity index is 125. The van der Waals surface area contributed by atoms with Gasteiger partial charge in [-0.05, 0) is 0 Å². The van der Waals surface area contributed by atoms with Crippen molar-refractivity contribution in [2.45, 2.75) is 6.29 Å². The lowest BCUT2D eigenvalue weighted by Crippen LogP contribution is -2.35. The number of carbonyl (C=O) groups excluding carboxylic acids is 1. The summed E-state index contributed by atoms with van der Waals surface area (Å²) in [6.45, 7) is 0.384. The summed E-state index contributed by atoms with van der Waals surface area (Å²) in [6, 6.07) is 0. The molecule has 1 amide bonds. The van der Waals surface area contributed by atoms with E-state index in [2.05, 4.69) is 10.1 Å². The van der Waals surface area contributed by atoms with Gasteiger partial charge in [-0.25, -0.2) is 0 Å². The van der Waals surface area contributed by atoms with E-state index in [0.29, 0.717) is 6.54 Å². The van der Waals surface area contributed by atoms with E-state index >= 15 is 0 Å². The summed E-state index contributed by atoms with van der Waals surface area (Å²) in [7, 11) is 4.48. The lowest BCUT2D eigenvalue weighted by Gasteiger charge is -2.13. The molecule has 0 rings (SSSR count). The van der Waals surface area contributed by atoms with Crippen LogP contribution in [0, 0.1) is 0 Å². The smallest absolute Gasteiger partial charge is 0.246 e. The number of ether oxygens (including phenoxy) is 3. The van der Waals surface area contributed by atoms with Crippen LogP contribution in [0.3, 0.4) is 0 Å². The van der Waals surface area contributed by atoms with Crippen LogP contribution in [0.2, 0.25) is 0 Å². The largest absolute Gasteiger partial charge is 0.375 e. The number of nitrogens with one attached hydrogen (secondary N) is 1. The molecule has 1 N–H and O–H groups in total. The second kappa shape index (κ2) is 7.02. The Labute approximate surface area is 72.0 Å². The second-order valence-electron chi connectivity index (χ2n) is 2.14. The maximum atomic E-state index is 10.8. The van der Waals surface area contributed by atoms with E-state index in [-0.39, 0.29) is 12.5 Å². The number of carbonyl (C=O) groups is 1. The highest BCUT2D eigenvalue weighted by atomic mass is 16.7. The molecule has 0 saturated carbocycles. The van der Waals surface area contributed by atoms with Crippen LogP contribution in [0.4, 0.5) is 0 Å². The van der Waals surface area contributed by atoms with Gasteiger partial charge >= 0.3 is 0 Å². The quantitative estimate of drug-likeness (QED) is 0.549. The maximum absolute atomic E-state index is 10.8. The summed E-state index contributed by atoms with van der Waals surface area (Å²) < 4.78 is 14.3. The number of rotatable bonds is 6. The van der Waals surface area contributed by atoms with Gasteiger partial charge in [-0.2, -0.15) is 0 Å². The molecule has 5 heteroatoms. The number of hydrogen-bond donors (Lipinski definition) is 1. The lowest BCUT2D eigenvalue weighted by molar-refractivity contribution is -0.130. The van der Waals surface area contributed by atoms with Gasteiger partial charge in [-0.15, -0.1) is 0 Å². The molecule has 72 valence electrons. The van der Waals surface area contributed by atoms with Gasteiger partial charge in [0.15, 0.2) is 6.29 Å². The van der Waals surface area contributed by atoms with Gasteiger partial charge in [0.05, 0.1) is 6.54 Å². The van der Waals surface area contributed by atoms with E-state index in [4.69, 9.17) is 9.47 Å². The summed E-state index contributed by atoms with van der Waals surface area (Å²) in [5.74, 6) is -0.184. The average molecular weight is 177 g/mol. The fourth-order valence-corrected chi connectivity index (χ4v) is 0.642. The number of hydrogen-bond acceptors (Lipinski definition) is 4. The summed E-state index contributed by atoms with van der Waals surface area (Å²) in [6.07, 6.45) is -0.397. The molecular weight excluding hydrogens is 162 g/mol. The molecule has 0 heterocycles. The summed E-state index contributed by atoms with van der Waals surface area (Å²) in [4.78, 5) is 10.8. The van der Waals surface area contributed by atoms with Crippen LogP contribution in [0.1, 0.15) is 0 Å². The molecule has 0 aliphatic carbocycles. The van der Waals surface area contributed by atoms with Gasteiger partial charge in [0.25, 0.3) is 0 Å². The highest BCUT2D eigenvalue weighted by Gasteiger charge is 2.06. The minimum absolute atomic E-state index is 0.0557. The average Bonchev–Trinajstić information content (AvgIpc) is 2.07. The Morgan fingerprint density at radius 1 is 1.33 bits per heavy atom. The first kappa shape index (κ1) is 11.4. The van der Waals surface area contributed by atoms with Gasteiger partial charge in [0.2, 0.25) is 5.91 Å². The predicted molar refractivity (Wildman–Crippen MR) is 42.7 cm³/mol. The van der Waals surface area contributed by atoms with E-state index in [0.717, 1.165) is 0 Å². The van der Waals surface area contributed by atoms with E-state index in [1.54, 1.807) is 0 Å². The molecule has 0 aliphatic rings. The fourth-order valence-electron chi connectivity index (χ4n) is 0.642. The molecule has 0 atom stereocenters. The van der Waals surface area contributed by atoms with Crippen LogP contribution in [-0.2, 0) is 19.0 Å². The van der Waals surface area contributed by atoms with Crippen LogP contribution < -0.4 is 5.32 Å². The van der Waals surface area contributed by atoms with Gasteiger partial charge < -0.3 is 19.5 Å². The van der Waals surface area contributed by atoms with E-state index in [1.165, 1.54) is 21.3 Å². The first-order chi connectivity index (χ1) is 5.74. The van der Waals surface area contributed by atoms with Crippen molar-refractivity contribution in [3.05, 3.63) is 0 Å². The van der Waals surface area contributed by atoms with Crippen molar-refractivity contribution in [3.63, 3.8) is 0 Å². The van der Waals surface area contributed by atoms with Gasteiger partial charge in [-0.1, -0.05) is 0 Å². The van der Waals surface area contributed by atoms with Crippen LogP contribution in [-0.4, -0.2) is 46.7 Å². The van der Waals surface area contributed by atoms with Crippen LogP contribution in [0.25, 0.3) is 0 Å². The van der Waals surface area contributed by atoms with E-state index < -0.39 is 6.29 Å². The molecule has 0 radical (unpaired) electrons. The molecule has 0 bridgehead atoms. The standard InChI is InChI=1S/C7H15NO4/c1-10-5-6(9)8-4-7(11-2)12-3/h7H,4-5H2,1-3H3,(H,8,9). The van der Waals surface area contributed by atoms with Crippen LogP contribution >= 0.6 is 0 Å². The highest BCUT2D eigenvalue weighted by molar-refractivity contribution is 5.77. The summed E-state index contributed by atoms with van der Waals surface area (Å²) >= 11 is 0. The van der Waals surface area contributed by atoms with Crippen molar-refractivity contribution >= 4 is 5.91 Å². The van der Waals surface area contributed by atoms with Gasteiger partial charge in [-0.3, -0.25) is 4.79 Å². The molecular formula is C7H15NO4. The zero-order valence-corrected chi connectivity index (χ0v) is 7.62. The van der Waals surface area contributed by atoms with Crippen molar-refractivity contribution in [3.8, 4) is 0 Å². The molecule has 0 fully saturated rings. The minimum atomic E-state index is -0.397.